The lowest BCUT2D eigenvalue weighted by atomic mass is 9.84. The molecule has 78 valence electrons. The van der Waals surface area contributed by atoms with Crippen molar-refractivity contribution in [3.63, 3.8) is 0 Å². The average molecular weight is 220 g/mol. The van der Waals surface area contributed by atoms with Gasteiger partial charge in [0.25, 0.3) is 0 Å². The molecule has 1 nitrogen and oxygen atoms in total. The molecule has 0 aliphatic heterocycles. The summed E-state index contributed by atoms with van der Waals surface area (Å²) in [7, 11) is 0. The predicted molar refractivity (Wildman–Crippen MR) is 65.5 cm³/mol. The van der Waals surface area contributed by atoms with Crippen LogP contribution >= 0.6 is 11.6 Å². The van der Waals surface area contributed by atoms with Gasteiger partial charge >= 0.3 is 0 Å². The standard InChI is InChI=1S/C13H14ClN/c1-13(2,3)12-9-5-4-8-15-11(9)7-6-10(12)14/h4-8H,1-3H3. The van der Waals surface area contributed by atoms with Crippen LogP contribution in [-0.2, 0) is 5.41 Å². The molecule has 0 radical (unpaired) electrons. The minimum Gasteiger partial charge on any atom is -0.256 e. The van der Waals surface area contributed by atoms with Gasteiger partial charge in [-0.25, -0.2) is 0 Å². The lowest BCUT2D eigenvalue weighted by molar-refractivity contribution is 0.596. The van der Waals surface area contributed by atoms with Gasteiger partial charge < -0.3 is 0 Å². The van der Waals surface area contributed by atoms with Crippen molar-refractivity contribution in [1.82, 2.24) is 4.98 Å². The van der Waals surface area contributed by atoms with E-state index in [4.69, 9.17) is 11.6 Å². The molecule has 0 saturated carbocycles. The highest BCUT2D eigenvalue weighted by Gasteiger charge is 2.20. The zero-order chi connectivity index (χ0) is 11.1. The van der Waals surface area contributed by atoms with Crippen LogP contribution in [0.1, 0.15) is 26.3 Å². The van der Waals surface area contributed by atoms with Crippen LogP contribution in [0.5, 0.6) is 0 Å². The van der Waals surface area contributed by atoms with Crippen molar-refractivity contribution in [2.75, 3.05) is 0 Å². The Labute approximate surface area is 95.1 Å². The molecule has 15 heavy (non-hydrogen) atoms. The number of hydrogen-bond acceptors (Lipinski definition) is 1. The summed E-state index contributed by atoms with van der Waals surface area (Å²) in [5.41, 5.74) is 2.22. The van der Waals surface area contributed by atoms with Crippen LogP contribution in [0.3, 0.4) is 0 Å². The smallest absolute Gasteiger partial charge is 0.0705 e. The number of fused-ring (bicyclic) bond motifs is 1. The van der Waals surface area contributed by atoms with E-state index in [0.717, 1.165) is 15.9 Å². The molecule has 0 N–H and O–H groups in total. The van der Waals surface area contributed by atoms with Crippen molar-refractivity contribution in [2.45, 2.75) is 26.2 Å². The van der Waals surface area contributed by atoms with Gasteiger partial charge in [0.1, 0.15) is 0 Å². The Morgan fingerprint density at radius 2 is 1.87 bits per heavy atom. The summed E-state index contributed by atoms with van der Waals surface area (Å²) in [6.45, 7) is 6.50. The summed E-state index contributed by atoms with van der Waals surface area (Å²) < 4.78 is 0. The molecule has 0 atom stereocenters. The Kier molecular flexibility index (Phi) is 2.43. The summed E-state index contributed by atoms with van der Waals surface area (Å²) in [5.74, 6) is 0. The first-order chi connectivity index (χ1) is 7.00. The molecule has 1 heterocycles. The Balaban J connectivity index is 2.86. The fraction of sp³-hybridized carbons (Fsp3) is 0.308. The van der Waals surface area contributed by atoms with Crippen molar-refractivity contribution < 1.29 is 0 Å². The second-order valence-electron chi connectivity index (χ2n) is 4.74. The Hall–Kier alpha value is -1.08. The summed E-state index contributed by atoms with van der Waals surface area (Å²) in [6, 6.07) is 7.92. The van der Waals surface area contributed by atoms with Crippen molar-refractivity contribution >= 4 is 22.5 Å². The van der Waals surface area contributed by atoms with E-state index in [2.05, 4.69) is 31.8 Å². The van der Waals surface area contributed by atoms with E-state index in [9.17, 15) is 0 Å². The van der Waals surface area contributed by atoms with E-state index in [0.29, 0.717) is 0 Å². The van der Waals surface area contributed by atoms with Gasteiger partial charge in [-0.1, -0.05) is 38.4 Å². The first-order valence-electron chi connectivity index (χ1n) is 5.04. The summed E-state index contributed by atoms with van der Waals surface area (Å²) in [5, 5.41) is 1.97. The van der Waals surface area contributed by atoms with E-state index in [-0.39, 0.29) is 5.41 Å². The Morgan fingerprint density at radius 1 is 1.13 bits per heavy atom. The second-order valence-corrected chi connectivity index (χ2v) is 5.15. The molecule has 2 heteroatoms. The van der Waals surface area contributed by atoms with Crippen molar-refractivity contribution in [3.05, 3.63) is 41.0 Å². The van der Waals surface area contributed by atoms with Crippen molar-refractivity contribution in [3.8, 4) is 0 Å². The predicted octanol–water partition coefficient (Wildman–Crippen LogP) is 4.19. The zero-order valence-electron chi connectivity index (χ0n) is 9.21. The maximum Gasteiger partial charge on any atom is 0.0705 e. The monoisotopic (exact) mass is 219 g/mol. The molecule has 0 aliphatic carbocycles. The Bertz CT molecular complexity index is 497. The molecule has 2 rings (SSSR count). The van der Waals surface area contributed by atoms with Crippen LogP contribution in [0.15, 0.2) is 30.5 Å². The number of halogens is 1. The maximum absolute atomic E-state index is 6.26. The third kappa shape index (κ3) is 1.84. The fourth-order valence-electron chi connectivity index (χ4n) is 1.89. The fourth-order valence-corrected chi connectivity index (χ4v) is 2.34. The van der Waals surface area contributed by atoms with Crippen LogP contribution in [-0.4, -0.2) is 4.98 Å². The van der Waals surface area contributed by atoms with Gasteiger partial charge in [-0.05, 0) is 29.2 Å². The van der Waals surface area contributed by atoms with Gasteiger partial charge in [-0.15, -0.1) is 0 Å². The highest BCUT2D eigenvalue weighted by atomic mass is 35.5. The molecule has 0 saturated heterocycles. The molecule has 0 spiro atoms. The van der Waals surface area contributed by atoms with Gasteiger partial charge in [-0.2, -0.15) is 0 Å². The lowest BCUT2D eigenvalue weighted by Gasteiger charge is -2.22. The van der Waals surface area contributed by atoms with Gasteiger partial charge in [0.05, 0.1) is 5.52 Å². The minimum absolute atomic E-state index is 0.0413. The number of nitrogens with zero attached hydrogens (tertiary/aromatic N) is 1. The van der Waals surface area contributed by atoms with Gasteiger partial charge in [-0.3, -0.25) is 4.98 Å². The molecule has 0 unspecified atom stereocenters. The largest absolute Gasteiger partial charge is 0.256 e. The first kappa shape index (κ1) is 10.4. The number of benzene rings is 1. The molecule has 1 aromatic heterocycles. The summed E-state index contributed by atoms with van der Waals surface area (Å²) in [4.78, 5) is 4.34. The van der Waals surface area contributed by atoms with E-state index >= 15 is 0 Å². The van der Waals surface area contributed by atoms with Crippen molar-refractivity contribution in [1.29, 1.82) is 0 Å². The molecule has 0 aliphatic rings. The maximum atomic E-state index is 6.26. The van der Waals surface area contributed by atoms with Crippen LogP contribution in [0, 0.1) is 0 Å². The first-order valence-corrected chi connectivity index (χ1v) is 5.41. The van der Waals surface area contributed by atoms with E-state index in [1.807, 2.05) is 24.4 Å². The minimum atomic E-state index is 0.0413. The zero-order valence-corrected chi connectivity index (χ0v) is 9.97. The van der Waals surface area contributed by atoms with E-state index in [1.165, 1.54) is 5.56 Å². The molecular weight excluding hydrogens is 206 g/mol. The average Bonchev–Trinajstić information content (AvgIpc) is 2.15. The van der Waals surface area contributed by atoms with Gasteiger partial charge in [0, 0.05) is 16.6 Å². The quantitative estimate of drug-likeness (QED) is 0.648. The highest BCUT2D eigenvalue weighted by Crippen LogP contribution is 2.34. The van der Waals surface area contributed by atoms with Crippen molar-refractivity contribution in [2.24, 2.45) is 0 Å². The van der Waals surface area contributed by atoms with Gasteiger partial charge in [0.15, 0.2) is 0 Å². The topological polar surface area (TPSA) is 12.9 Å². The number of rotatable bonds is 0. The van der Waals surface area contributed by atoms with E-state index in [1.54, 1.807) is 0 Å². The van der Waals surface area contributed by atoms with Crippen LogP contribution in [0.2, 0.25) is 5.02 Å². The normalized spacial score (nSPS) is 12.0. The summed E-state index contributed by atoms with van der Waals surface area (Å²) in [6.07, 6.45) is 1.81. The molecule has 0 bridgehead atoms. The number of hydrogen-bond donors (Lipinski definition) is 0. The van der Waals surface area contributed by atoms with Crippen LogP contribution in [0.25, 0.3) is 10.9 Å². The molecule has 1 aromatic carbocycles. The third-order valence-corrected chi connectivity index (χ3v) is 2.80. The third-order valence-electron chi connectivity index (χ3n) is 2.48. The second kappa shape index (κ2) is 3.49. The molecule has 0 fully saturated rings. The SMILES string of the molecule is CC(C)(C)c1c(Cl)ccc2ncccc12. The van der Waals surface area contributed by atoms with E-state index < -0.39 is 0 Å². The molecular formula is C13H14ClN. The number of aromatic nitrogens is 1. The number of pyridine rings is 1. The Morgan fingerprint density at radius 3 is 2.53 bits per heavy atom. The highest BCUT2D eigenvalue weighted by molar-refractivity contribution is 6.32. The van der Waals surface area contributed by atoms with Gasteiger partial charge in [0.2, 0.25) is 0 Å². The molecule has 2 aromatic rings. The van der Waals surface area contributed by atoms with Crippen LogP contribution in [0.4, 0.5) is 0 Å². The molecule has 0 amide bonds. The lowest BCUT2D eigenvalue weighted by Crippen LogP contribution is -2.12. The van der Waals surface area contributed by atoms with Crippen LogP contribution < -0.4 is 0 Å². The summed E-state index contributed by atoms with van der Waals surface area (Å²) >= 11 is 6.26.